The second kappa shape index (κ2) is 9.04. The van der Waals surface area contributed by atoms with Crippen LogP contribution >= 0.6 is 11.8 Å². The van der Waals surface area contributed by atoms with Crippen LogP contribution in [0.3, 0.4) is 0 Å². The van der Waals surface area contributed by atoms with Crippen LogP contribution in [0.5, 0.6) is 5.75 Å². The lowest BCUT2D eigenvalue weighted by molar-refractivity contribution is 0.340. The van der Waals surface area contributed by atoms with E-state index in [1.807, 2.05) is 47.9 Å². The first-order valence-corrected chi connectivity index (χ1v) is 10.3. The van der Waals surface area contributed by atoms with Crippen molar-refractivity contribution < 1.29 is 13.5 Å². The number of hydrogen-bond donors (Lipinski definition) is 0. The van der Waals surface area contributed by atoms with Gasteiger partial charge in [-0.25, -0.2) is 8.78 Å². The summed E-state index contributed by atoms with van der Waals surface area (Å²) in [6.07, 6.45) is 3.35. The highest BCUT2D eigenvalue weighted by molar-refractivity contribution is 7.98. The van der Waals surface area contributed by atoms with Gasteiger partial charge in [0.15, 0.2) is 11.0 Å². The van der Waals surface area contributed by atoms with Crippen LogP contribution in [-0.2, 0) is 5.75 Å². The van der Waals surface area contributed by atoms with E-state index in [1.165, 1.54) is 30.0 Å². The third kappa shape index (κ3) is 4.18. The van der Waals surface area contributed by atoms with E-state index in [4.69, 9.17) is 4.74 Å². The fourth-order valence-corrected chi connectivity index (χ4v) is 3.92. The highest BCUT2D eigenvalue weighted by Gasteiger charge is 2.18. The summed E-state index contributed by atoms with van der Waals surface area (Å²) in [5.41, 5.74) is 1.65. The largest absolute Gasteiger partial charge is 0.494 e. The highest BCUT2D eigenvalue weighted by atomic mass is 32.2. The van der Waals surface area contributed by atoms with Crippen molar-refractivity contribution in [2.45, 2.75) is 17.8 Å². The van der Waals surface area contributed by atoms with Gasteiger partial charge in [-0.1, -0.05) is 17.8 Å². The maximum atomic E-state index is 14.0. The maximum Gasteiger partial charge on any atom is 0.196 e. The first-order chi connectivity index (χ1) is 14.7. The minimum absolute atomic E-state index is 0.00852. The van der Waals surface area contributed by atoms with Crippen molar-refractivity contribution in [2.24, 2.45) is 0 Å². The van der Waals surface area contributed by atoms with Crippen molar-refractivity contribution in [2.75, 3.05) is 6.61 Å². The van der Waals surface area contributed by atoms with Crippen LogP contribution in [0.2, 0.25) is 0 Å². The molecule has 2 aromatic heterocycles. The molecule has 0 aliphatic heterocycles. The van der Waals surface area contributed by atoms with E-state index in [0.29, 0.717) is 17.6 Å². The first-order valence-electron chi connectivity index (χ1n) is 9.32. The van der Waals surface area contributed by atoms with E-state index < -0.39 is 11.6 Å². The third-order valence-electron chi connectivity index (χ3n) is 4.39. The van der Waals surface area contributed by atoms with E-state index in [1.54, 1.807) is 12.4 Å². The SMILES string of the molecule is CCOc1ccc(-n2c(SCc3c(F)cccc3F)nnc2-c2ccncc2)cc1. The van der Waals surface area contributed by atoms with E-state index in [0.717, 1.165) is 17.0 Å². The summed E-state index contributed by atoms with van der Waals surface area (Å²) < 4.78 is 35.5. The Kier molecular flexibility index (Phi) is 6.04. The van der Waals surface area contributed by atoms with Gasteiger partial charge in [-0.05, 0) is 55.5 Å². The molecule has 0 saturated carbocycles. The number of ether oxygens (including phenoxy) is 1. The average Bonchev–Trinajstić information content (AvgIpc) is 3.19. The van der Waals surface area contributed by atoms with Crippen LogP contribution in [-0.4, -0.2) is 26.4 Å². The number of aromatic nitrogens is 4. The molecular weight excluding hydrogens is 406 g/mol. The number of pyridine rings is 1. The average molecular weight is 424 g/mol. The van der Waals surface area contributed by atoms with Crippen LogP contribution in [0.25, 0.3) is 17.1 Å². The van der Waals surface area contributed by atoms with Crippen molar-refractivity contribution in [3.05, 3.63) is 84.2 Å². The standard InChI is InChI=1S/C22H18F2N4OS/c1-2-29-17-8-6-16(7-9-17)28-21(15-10-12-25-13-11-15)26-27-22(28)30-14-18-19(23)4-3-5-20(18)24/h3-13H,2,14H2,1H3. The monoisotopic (exact) mass is 424 g/mol. The topological polar surface area (TPSA) is 52.8 Å². The van der Waals surface area contributed by atoms with Crippen LogP contribution in [0.4, 0.5) is 8.78 Å². The van der Waals surface area contributed by atoms with E-state index in [9.17, 15) is 8.78 Å². The van der Waals surface area contributed by atoms with Gasteiger partial charge < -0.3 is 4.74 Å². The lowest BCUT2D eigenvalue weighted by atomic mass is 10.2. The number of rotatable bonds is 7. The zero-order valence-electron chi connectivity index (χ0n) is 16.1. The van der Waals surface area contributed by atoms with Crippen molar-refractivity contribution in [3.63, 3.8) is 0 Å². The van der Waals surface area contributed by atoms with E-state index >= 15 is 0 Å². The Morgan fingerprint density at radius 2 is 1.63 bits per heavy atom. The van der Waals surface area contributed by atoms with Crippen molar-refractivity contribution in [1.29, 1.82) is 0 Å². The summed E-state index contributed by atoms with van der Waals surface area (Å²) in [7, 11) is 0. The highest BCUT2D eigenvalue weighted by Crippen LogP contribution is 2.31. The zero-order chi connectivity index (χ0) is 20.9. The molecule has 5 nitrogen and oxygen atoms in total. The predicted octanol–water partition coefficient (Wildman–Crippen LogP) is 5.30. The van der Waals surface area contributed by atoms with Gasteiger partial charge in [0, 0.05) is 35.0 Å². The fraction of sp³-hybridized carbons (Fsp3) is 0.136. The quantitative estimate of drug-likeness (QED) is 0.377. The molecule has 30 heavy (non-hydrogen) atoms. The predicted molar refractivity (Wildman–Crippen MR) is 112 cm³/mol. The molecular formula is C22H18F2N4OS. The molecule has 8 heteroatoms. The maximum absolute atomic E-state index is 14.0. The molecule has 0 aliphatic carbocycles. The van der Waals surface area contributed by atoms with Gasteiger partial charge in [0.2, 0.25) is 0 Å². The Hall–Kier alpha value is -3.26. The summed E-state index contributed by atoms with van der Waals surface area (Å²) in [5.74, 6) is 0.290. The second-order valence-corrected chi connectivity index (χ2v) is 7.24. The fourth-order valence-electron chi connectivity index (χ4n) is 2.95. The Labute approximate surface area is 176 Å². The van der Waals surface area contributed by atoms with Gasteiger partial charge in [-0.2, -0.15) is 0 Å². The summed E-state index contributed by atoms with van der Waals surface area (Å²) in [5, 5.41) is 9.13. The van der Waals surface area contributed by atoms with Crippen molar-refractivity contribution >= 4 is 11.8 Å². The van der Waals surface area contributed by atoms with Crippen molar-refractivity contribution in [3.8, 4) is 22.8 Å². The molecule has 0 spiro atoms. The van der Waals surface area contributed by atoms with Gasteiger partial charge in [0.1, 0.15) is 17.4 Å². The third-order valence-corrected chi connectivity index (χ3v) is 5.34. The molecule has 0 bridgehead atoms. The summed E-state index contributed by atoms with van der Waals surface area (Å²) >= 11 is 1.22. The zero-order valence-corrected chi connectivity index (χ0v) is 16.9. The second-order valence-electron chi connectivity index (χ2n) is 6.29. The number of thioether (sulfide) groups is 1. The van der Waals surface area contributed by atoms with E-state index in [-0.39, 0.29) is 11.3 Å². The first kappa shape index (κ1) is 20.0. The Bertz CT molecular complexity index is 1110. The van der Waals surface area contributed by atoms with Crippen molar-refractivity contribution in [1.82, 2.24) is 19.7 Å². The number of nitrogens with zero attached hydrogens (tertiary/aromatic N) is 4. The molecule has 0 amide bonds. The molecule has 0 saturated heterocycles. The van der Waals surface area contributed by atoms with Gasteiger partial charge >= 0.3 is 0 Å². The lowest BCUT2D eigenvalue weighted by Crippen LogP contribution is -2.01. The number of hydrogen-bond acceptors (Lipinski definition) is 5. The number of halogens is 2. The molecule has 4 aromatic rings. The summed E-state index contributed by atoms with van der Waals surface area (Å²) in [6, 6.07) is 15.0. The molecule has 2 aromatic carbocycles. The molecule has 0 unspecified atom stereocenters. The minimum atomic E-state index is -0.580. The molecule has 0 aliphatic rings. The van der Waals surface area contributed by atoms with E-state index in [2.05, 4.69) is 15.2 Å². The van der Waals surface area contributed by atoms with Crippen LogP contribution in [0, 0.1) is 11.6 Å². The smallest absolute Gasteiger partial charge is 0.196 e. The molecule has 152 valence electrons. The Morgan fingerprint density at radius 3 is 2.30 bits per heavy atom. The summed E-state index contributed by atoms with van der Waals surface area (Å²) in [4.78, 5) is 4.05. The normalized spacial score (nSPS) is 10.9. The van der Waals surface area contributed by atoms with Gasteiger partial charge in [0.25, 0.3) is 0 Å². The van der Waals surface area contributed by atoms with Gasteiger partial charge in [0.05, 0.1) is 6.61 Å². The molecule has 0 N–H and O–H groups in total. The van der Waals surface area contributed by atoms with Crippen LogP contribution < -0.4 is 4.74 Å². The lowest BCUT2D eigenvalue weighted by Gasteiger charge is -2.12. The van der Waals surface area contributed by atoms with Gasteiger partial charge in [-0.3, -0.25) is 9.55 Å². The van der Waals surface area contributed by atoms with Crippen LogP contribution in [0.15, 0.2) is 72.1 Å². The minimum Gasteiger partial charge on any atom is -0.494 e. The van der Waals surface area contributed by atoms with Crippen LogP contribution in [0.1, 0.15) is 12.5 Å². The Balaban J connectivity index is 1.72. The molecule has 0 radical (unpaired) electrons. The molecule has 0 atom stereocenters. The molecule has 2 heterocycles. The Morgan fingerprint density at radius 1 is 0.933 bits per heavy atom. The molecule has 4 rings (SSSR count). The summed E-state index contributed by atoms with van der Waals surface area (Å²) in [6.45, 7) is 2.50. The van der Waals surface area contributed by atoms with Gasteiger partial charge in [-0.15, -0.1) is 10.2 Å². The number of benzene rings is 2. The molecule has 0 fully saturated rings.